The van der Waals surface area contributed by atoms with E-state index in [1.807, 2.05) is 0 Å². The van der Waals surface area contributed by atoms with E-state index >= 15 is 0 Å². The van der Waals surface area contributed by atoms with Crippen molar-refractivity contribution in [2.24, 2.45) is 11.7 Å². The maximum absolute atomic E-state index is 6.22. The summed E-state index contributed by atoms with van der Waals surface area (Å²) in [5.74, 6) is 0.668. The Morgan fingerprint density at radius 2 is 1.93 bits per heavy atom. The maximum Gasteiger partial charge on any atom is 0.0789 e. The molecular weight excluding hydrogens is 176 g/mol. The lowest BCUT2D eigenvalue weighted by atomic mass is 9.71. The number of nitrogens with zero attached hydrogens (tertiary/aromatic N) is 1. The molecule has 0 amide bonds. The highest BCUT2D eigenvalue weighted by Crippen LogP contribution is 2.41. The molecule has 2 aliphatic heterocycles. The first-order valence-corrected chi connectivity index (χ1v) is 5.99. The molecule has 0 radical (unpaired) electrons. The van der Waals surface area contributed by atoms with Gasteiger partial charge in [0.05, 0.1) is 12.1 Å². The van der Waals surface area contributed by atoms with Crippen LogP contribution in [-0.4, -0.2) is 42.8 Å². The minimum absolute atomic E-state index is 0.389. The predicted octanol–water partition coefficient (Wildman–Crippen LogP) is 0.587. The Balaban J connectivity index is 1.66. The highest BCUT2D eigenvalue weighted by atomic mass is 16.5. The molecule has 3 fully saturated rings. The normalized spacial score (nSPS) is 48.6. The minimum Gasteiger partial charge on any atom is -0.376 e. The second-order valence-corrected chi connectivity index (χ2v) is 4.95. The van der Waals surface area contributed by atoms with Crippen molar-refractivity contribution < 1.29 is 4.74 Å². The topological polar surface area (TPSA) is 38.5 Å². The molecule has 0 aromatic carbocycles. The molecule has 2 heterocycles. The molecule has 3 heteroatoms. The average Bonchev–Trinajstić information content (AvgIpc) is 2.63. The first-order valence-electron chi connectivity index (χ1n) is 5.99. The van der Waals surface area contributed by atoms with E-state index in [2.05, 4.69) is 4.90 Å². The van der Waals surface area contributed by atoms with Crippen molar-refractivity contribution in [3.05, 3.63) is 0 Å². The SMILES string of the molecule is NC1C2CCOC2C1N1CCCCC1. The number of piperidine rings is 1. The number of fused-ring (bicyclic) bond motifs is 1. The Morgan fingerprint density at radius 3 is 2.71 bits per heavy atom. The van der Waals surface area contributed by atoms with Crippen molar-refractivity contribution in [3.8, 4) is 0 Å². The number of hydrogen-bond donors (Lipinski definition) is 1. The van der Waals surface area contributed by atoms with E-state index in [1.165, 1.54) is 38.8 Å². The van der Waals surface area contributed by atoms with Gasteiger partial charge >= 0.3 is 0 Å². The summed E-state index contributed by atoms with van der Waals surface area (Å²) in [7, 11) is 0. The van der Waals surface area contributed by atoms with E-state index < -0.39 is 0 Å². The van der Waals surface area contributed by atoms with Crippen LogP contribution < -0.4 is 5.73 Å². The quantitative estimate of drug-likeness (QED) is 0.667. The first kappa shape index (κ1) is 9.13. The third kappa shape index (κ3) is 1.23. The third-order valence-corrected chi connectivity index (χ3v) is 4.22. The van der Waals surface area contributed by atoms with Gasteiger partial charge in [0.1, 0.15) is 0 Å². The van der Waals surface area contributed by atoms with E-state index in [9.17, 15) is 0 Å². The summed E-state index contributed by atoms with van der Waals surface area (Å²) in [4.78, 5) is 2.57. The molecule has 1 aliphatic carbocycles. The second kappa shape index (κ2) is 3.47. The van der Waals surface area contributed by atoms with Crippen molar-refractivity contribution >= 4 is 0 Å². The molecule has 1 saturated carbocycles. The monoisotopic (exact) mass is 196 g/mol. The van der Waals surface area contributed by atoms with E-state index in [4.69, 9.17) is 10.5 Å². The fourth-order valence-corrected chi connectivity index (χ4v) is 3.39. The zero-order chi connectivity index (χ0) is 9.54. The Hall–Kier alpha value is -0.120. The number of nitrogens with two attached hydrogens (primary N) is 1. The van der Waals surface area contributed by atoms with Gasteiger partial charge in [0.25, 0.3) is 0 Å². The molecule has 0 spiro atoms. The van der Waals surface area contributed by atoms with E-state index in [1.54, 1.807) is 0 Å². The molecule has 3 nitrogen and oxygen atoms in total. The van der Waals surface area contributed by atoms with Crippen LogP contribution in [0.4, 0.5) is 0 Å². The summed E-state index contributed by atoms with van der Waals surface area (Å²) in [5, 5.41) is 0. The molecule has 2 saturated heterocycles. The Bertz CT molecular complexity index is 215. The summed E-state index contributed by atoms with van der Waals surface area (Å²) >= 11 is 0. The molecule has 2 N–H and O–H groups in total. The van der Waals surface area contributed by atoms with Crippen LogP contribution in [0.5, 0.6) is 0 Å². The van der Waals surface area contributed by atoms with Gasteiger partial charge in [-0.05, 0) is 32.4 Å². The minimum atomic E-state index is 0.389. The lowest BCUT2D eigenvalue weighted by molar-refractivity contribution is -0.0784. The fourth-order valence-electron chi connectivity index (χ4n) is 3.39. The van der Waals surface area contributed by atoms with Crippen LogP contribution in [0.25, 0.3) is 0 Å². The van der Waals surface area contributed by atoms with Gasteiger partial charge in [-0.2, -0.15) is 0 Å². The van der Waals surface area contributed by atoms with Gasteiger partial charge in [0, 0.05) is 18.6 Å². The van der Waals surface area contributed by atoms with Crippen LogP contribution >= 0.6 is 0 Å². The Labute approximate surface area is 85.6 Å². The Kier molecular flexibility index (Phi) is 2.26. The predicted molar refractivity (Wildman–Crippen MR) is 55.0 cm³/mol. The zero-order valence-electron chi connectivity index (χ0n) is 8.69. The Morgan fingerprint density at radius 1 is 1.14 bits per heavy atom. The van der Waals surface area contributed by atoms with Crippen molar-refractivity contribution in [1.82, 2.24) is 4.90 Å². The number of ether oxygens (including phenoxy) is 1. The smallest absolute Gasteiger partial charge is 0.0789 e. The number of likely N-dealkylation sites (tertiary alicyclic amines) is 1. The summed E-state index contributed by atoms with van der Waals surface area (Å²) in [5.41, 5.74) is 6.22. The summed E-state index contributed by atoms with van der Waals surface area (Å²) in [6.45, 7) is 3.42. The lowest BCUT2D eigenvalue weighted by Crippen LogP contribution is -2.69. The van der Waals surface area contributed by atoms with Crippen LogP contribution in [0.15, 0.2) is 0 Å². The fraction of sp³-hybridized carbons (Fsp3) is 1.00. The van der Waals surface area contributed by atoms with Crippen LogP contribution in [0.1, 0.15) is 25.7 Å². The first-order chi connectivity index (χ1) is 6.88. The van der Waals surface area contributed by atoms with Crippen molar-refractivity contribution in [2.75, 3.05) is 19.7 Å². The summed E-state index contributed by atoms with van der Waals surface area (Å²) in [6, 6.07) is 0.934. The molecule has 0 aromatic rings. The van der Waals surface area contributed by atoms with Gasteiger partial charge in [0.15, 0.2) is 0 Å². The van der Waals surface area contributed by atoms with Gasteiger partial charge in [-0.1, -0.05) is 6.42 Å². The van der Waals surface area contributed by atoms with Crippen molar-refractivity contribution in [2.45, 2.75) is 43.9 Å². The van der Waals surface area contributed by atoms with Crippen LogP contribution in [0.3, 0.4) is 0 Å². The summed E-state index contributed by atoms with van der Waals surface area (Å²) in [6.07, 6.45) is 5.76. The van der Waals surface area contributed by atoms with Crippen LogP contribution in [0.2, 0.25) is 0 Å². The molecule has 4 unspecified atom stereocenters. The summed E-state index contributed by atoms with van der Waals surface area (Å²) < 4.78 is 5.77. The molecule has 0 aromatic heterocycles. The van der Waals surface area contributed by atoms with Gasteiger partial charge < -0.3 is 10.5 Å². The molecule has 3 aliphatic rings. The molecule has 3 rings (SSSR count). The number of rotatable bonds is 1. The van der Waals surface area contributed by atoms with E-state index in [0.29, 0.717) is 24.1 Å². The van der Waals surface area contributed by atoms with E-state index in [-0.39, 0.29) is 0 Å². The molecule has 80 valence electrons. The van der Waals surface area contributed by atoms with Crippen LogP contribution in [0, 0.1) is 5.92 Å². The lowest BCUT2D eigenvalue weighted by Gasteiger charge is -2.52. The van der Waals surface area contributed by atoms with Gasteiger partial charge in [0.2, 0.25) is 0 Å². The highest BCUT2D eigenvalue weighted by molar-refractivity contribution is 5.09. The molecule has 4 atom stereocenters. The molecule has 14 heavy (non-hydrogen) atoms. The van der Waals surface area contributed by atoms with Crippen molar-refractivity contribution in [3.63, 3.8) is 0 Å². The van der Waals surface area contributed by atoms with Crippen LogP contribution in [-0.2, 0) is 4.74 Å². The number of hydrogen-bond acceptors (Lipinski definition) is 3. The van der Waals surface area contributed by atoms with Gasteiger partial charge in [-0.25, -0.2) is 0 Å². The molecular formula is C11H20N2O. The average molecular weight is 196 g/mol. The highest BCUT2D eigenvalue weighted by Gasteiger charge is 2.54. The van der Waals surface area contributed by atoms with Crippen molar-refractivity contribution in [1.29, 1.82) is 0 Å². The van der Waals surface area contributed by atoms with Gasteiger partial charge in [-0.15, -0.1) is 0 Å². The maximum atomic E-state index is 6.22. The molecule has 0 bridgehead atoms. The largest absolute Gasteiger partial charge is 0.376 e. The zero-order valence-corrected chi connectivity index (χ0v) is 8.69. The standard InChI is InChI=1S/C11H20N2O/c12-9-8-4-7-14-11(8)10(9)13-5-2-1-3-6-13/h8-11H,1-7,12H2. The third-order valence-electron chi connectivity index (χ3n) is 4.22. The van der Waals surface area contributed by atoms with Gasteiger partial charge in [-0.3, -0.25) is 4.90 Å². The van der Waals surface area contributed by atoms with E-state index in [0.717, 1.165) is 6.61 Å². The second-order valence-electron chi connectivity index (χ2n) is 4.95.